The lowest BCUT2D eigenvalue weighted by Gasteiger charge is -2.40. The molecule has 1 fully saturated rings. The van der Waals surface area contributed by atoms with Gasteiger partial charge in [0.1, 0.15) is 29.7 Å². The van der Waals surface area contributed by atoms with Gasteiger partial charge in [0.25, 0.3) is 11.8 Å². The van der Waals surface area contributed by atoms with Crippen LogP contribution in [0.1, 0.15) is 57.5 Å². The Hall–Kier alpha value is -4.78. The fourth-order valence-corrected chi connectivity index (χ4v) is 6.07. The van der Waals surface area contributed by atoms with Gasteiger partial charge in [0.2, 0.25) is 11.8 Å². The van der Waals surface area contributed by atoms with Gasteiger partial charge in [0.15, 0.2) is 0 Å². The molecule has 5 rings (SSSR count). The summed E-state index contributed by atoms with van der Waals surface area (Å²) < 4.78 is 44.6. The fourth-order valence-electron chi connectivity index (χ4n) is 6.07. The number of halogens is 3. The summed E-state index contributed by atoms with van der Waals surface area (Å²) in [7, 11) is 0. The van der Waals surface area contributed by atoms with Crippen molar-refractivity contribution in [2.45, 2.75) is 64.2 Å². The van der Waals surface area contributed by atoms with E-state index in [1.165, 1.54) is 4.90 Å². The molecule has 1 aliphatic carbocycles. The number of hydrogen-bond acceptors (Lipinski definition) is 6. The number of amides is 4. The van der Waals surface area contributed by atoms with E-state index in [9.17, 15) is 28.0 Å². The number of carbonyl (C=O) groups is 4. The minimum absolute atomic E-state index is 0.0122. The first-order chi connectivity index (χ1) is 22.7. The van der Waals surface area contributed by atoms with Crippen molar-refractivity contribution in [2.75, 3.05) is 19.8 Å². The molecule has 0 spiro atoms. The molecule has 48 heavy (non-hydrogen) atoms. The number of aromatic nitrogens is 2. The molecular weight excluding hydrogens is 625 g/mol. The Labute approximate surface area is 276 Å². The molecule has 2 heterocycles. The molecule has 0 radical (unpaired) electrons. The van der Waals surface area contributed by atoms with Crippen LogP contribution in [0.15, 0.2) is 66.9 Å². The van der Waals surface area contributed by atoms with Crippen LogP contribution in [0.4, 0.5) is 13.2 Å². The highest BCUT2D eigenvalue weighted by atomic mass is 19.1. The number of imide groups is 1. The summed E-state index contributed by atoms with van der Waals surface area (Å²) in [5.74, 6) is -3.33. The lowest BCUT2D eigenvalue weighted by Crippen LogP contribution is -2.54. The van der Waals surface area contributed by atoms with Crippen LogP contribution in [-0.2, 0) is 25.7 Å². The zero-order valence-corrected chi connectivity index (χ0v) is 27.1. The maximum Gasteiger partial charge on any atom is 0.254 e. The SMILES string of the molecule is CC(C)(C)[C@H](c1nc(-c2cc(F)ccc2F)cn1Cc1ccccc1)N(CC[C@H](N)CF)C(=O)CNC(=O)C1(N2C(=O)C=CC2=O)CC1. The molecule has 10 nitrogen and oxygen atoms in total. The quantitative estimate of drug-likeness (QED) is 0.265. The fraction of sp³-hybridized carbons (Fsp3) is 0.400. The normalized spacial score (nSPS) is 16.6. The second-order valence-corrected chi connectivity index (χ2v) is 13.3. The van der Waals surface area contributed by atoms with Gasteiger partial charge in [-0.3, -0.25) is 24.1 Å². The Balaban J connectivity index is 1.52. The van der Waals surface area contributed by atoms with Gasteiger partial charge in [-0.15, -0.1) is 0 Å². The molecule has 0 saturated heterocycles. The van der Waals surface area contributed by atoms with E-state index >= 15 is 4.39 Å². The van der Waals surface area contributed by atoms with Gasteiger partial charge >= 0.3 is 0 Å². The molecule has 3 aromatic rings. The first-order valence-corrected chi connectivity index (χ1v) is 15.8. The number of nitrogens with one attached hydrogen (secondary N) is 1. The molecule has 1 aliphatic heterocycles. The standard InChI is InChI=1S/C35H39F3N6O4/c1-34(2,3)31(32-41-27(25-17-23(37)9-10-26(25)38)21-42(32)20-22-7-5-4-6-8-22)43(16-13-24(39)18-36)30(47)19-40-33(48)35(14-15-35)44-28(45)11-12-29(44)46/h4-12,17,21,24,31H,13-16,18-20,39H2,1-3H3,(H,40,48)/t24-,31-/m0/s1. The third-order valence-corrected chi connectivity index (χ3v) is 8.63. The summed E-state index contributed by atoms with van der Waals surface area (Å²) in [5, 5.41) is 2.61. The highest BCUT2D eigenvalue weighted by Gasteiger charge is 2.59. The van der Waals surface area contributed by atoms with Crippen LogP contribution in [0.5, 0.6) is 0 Å². The van der Waals surface area contributed by atoms with Crippen LogP contribution in [-0.4, -0.2) is 74.3 Å². The molecule has 4 amide bonds. The van der Waals surface area contributed by atoms with Crippen molar-refractivity contribution in [1.82, 2.24) is 24.7 Å². The van der Waals surface area contributed by atoms with Gasteiger partial charge in [-0.2, -0.15) is 0 Å². The van der Waals surface area contributed by atoms with E-state index in [4.69, 9.17) is 10.7 Å². The topological polar surface area (TPSA) is 131 Å². The van der Waals surface area contributed by atoms with Gasteiger partial charge in [0, 0.05) is 43.0 Å². The number of nitrogens with two attached hydrogens (primary N) is 1. The number of carbonyl (C=O) groups excluding carboxylic acids is 4. The maximum atomic E-state index is 15.0. The van der Waals surface area contributed by atoms with Gasteiger partial charge in [-0.05, 0) is 48.4 Å². The van der Waals surface area contributed by atoms with Crippen molar-refractivity contribution in [2.24, 2.45) is 11.1 Å². The van der Waals surface area contributed by atoms with Crippen molar-refractivity contribution >= 4 is 23.6 Å². The molecule has 2 atom stereocenters. The Bertz CT molecular complexity index is 1710. The van der Waals surface area contributed by atoms with Gasteiger partial charge in [0.05, 0.1) is 18.3 Å². The minimum Gasteiger partial charge on any atom is -0.345 e. The number of alkyl halides is 1. The van der Waals surface area contributed by atoms with Crippen LogP contribution < -0.4 is 11.1 Å². The van der Waals surface area contributed by atoms with Crippen molar-refractivity contribution in [3.8, 4) is 11.3 Å². The number of imidazole rings is 1. The van der Waals surface area contributed by atoms with Crippen molar-refractivity contribution in [3.05, 3.63) is 89.9 Å². The zero-order chi connectivity index (χ0) is 34.8. The van der Waals surface area contributed by atoms with E-state index in [-0.39, 0.29) is 43.6 Å². The van der Waals surface area contributed by atoms with Gasteiger partial charge in [-0.1, -0.05) is 51.1 Å². The summed E-state index contributed by atoms with van der Waals surface area (Å²) in [6, 6.07) is 10.8. The average molecular weight is 665 g/mol. The summed E-state index contributed by atoms with van der Waals surface area (Å²) in [6.45, 7) is 4.60. The Morgan fingerprint density at radius 1 is 1.06 bits per heavy atom. The molecule has 2 aromatic carbocycles. The molecule has 2 aliphatic rings. The second kappa shape index (κ2) is 13.8. The average Bonchev–Trinajstić information content (AvgIpc) is 3.63. The Kier molecular flexibility index (Phi) is 9.90. The highest BCUT2D eigenvalue weighted by molar-refractivity contribution is 6.16. The largest absolute Gasteiger partial charge is 0.345 e. The lowest BCUT2D eigenvalue weighted by atomic mass is 9.84. The minimum atomic E-state index is -1.36. The van der Waals surface area contributed by atoms with Crippen LogP contribution in [0.3, 0.4) is 0 Å². The second-order valence-electron chi connectivity index (χ2n) is 13.3. The number of nitrogens with zero attached hydrogens (tertiary/aromatic N) is 4. The van der Waals surface area contributed by atoms with Crippen molar-refractivity contribution in [3.63, 3.8) is 0 Å². The third kappa shape index (κ3) is 7.20. The Morgan fingerprint density at radius 2 is 1.73 bits per heavy atom. The number of benzene rings is 2. The van der Waals surface area contributed by atoms with Crippen LogP contribution >= 0.6 is 0 Å². The van der Waals surface area contributed by atoms with E-state index in [1.54, 1.807) is 10.8 Å². The smallest absolute Gasteiger partial charge is 0.254 e. The molecule has 3 N–H and O–H groups in total. The van der Waals surface area contributed by atoms with Gasteiger partial charge < -0.3 is 20.5 Å². The summed E-state index contributed by atoms with van der Waals surface area (Å²) in [6.07, 6.45) is 4.42. The predicted molar refractivity (Wildman–Crippen MR) is 172 cm³/mol. The maximum absolute atomic E-state index is 15.0. The van der Waals surface area contributed by atoms with E-state index in [0.29, 0.717) is 5.82 Å². The number of rotatable bonds is 13. The third-order valence-electron chi connectivity index (χ3n) is 8.63. The lowest BCUT2D eigenvalue weighted by molar-refractivity contribution is -0.147. The summed E-state index contributed by atoms with van der Waals surface area (Å²) in [5.41, 5.74) is 4.82. The van der Waals surface area contributed by atoms with E-state index < -0.39 is 71.5 Å². The summed E-state index contributed by atoms with van der Waals surface area (Å²) >= 11 is 0. The van der Waals surface area contributed by atoms with E-state index in [1.807, 2.05) is 51.1 Å². The molecule has 254 valence electrons. The zero-order valence-electron chi connectivity index (χ0n) is 27.1. The predicted octanol–water partition coefficient (Wildman–Crippen LogP) is 4.05. The molecule has 0 unspecified atom stereocenters. The molecule has 1 saturated carbocycles. The molecule has 1 aromatic heterocycles. The first-order valence-electron chi connectivity index (χ1n) is 15.8. The van der Waals surface area contributed by atoms with Crippen LogP contribution in [0, 0.1) is 17.0 Å². The summed E-state index contributed by atoms with van der Waals surface area (Å²) in [4.78, 5) is 59.3. The molecular formula is C35H39F3N6O4. The van der Waals surface area contributed by atoms with Crippen molar-refractivity contribution in [1.29, 1.82) is 0 Å². The van der Waals surface area contributed by atoms with E-state index in [2.05, 4.69) is 5.32 Å². The number of hydrogen-bond donors (Lipinski definition) is 2. The van der Waals surface area contributed by atoms with Gasteiger partial charge in [-0.25, -0.2) is 18.2 Å². The van der Waals surface area contributed by atoms with Crippen LogP contribution in [0.2, 0.25) is 0 Å². The molecule has 13 heteroatoms. The van der Waals surface area contributed by atoms with Crippen LogP contribution in [0.25, 0.3) is 11.3 Å². The highest BCUT2D eigenvalue weighted by Crippen LogP contribution is 2.44. The molecule has 0 bridgehead atoms. The first kappa shape index (κ1) is 34.6. The van der Waals surface area contributed by atoms with Crippen molar-refractivity contribution < 1.29 is 32.3 Å². The monoisotopic (exact) mass is 664 g/mol. The van der Waals surface area contributed by atoms with E-state index in [0.717, 1.165) is 40.8 Å². The Morgan fingerprint density at radius 3 is 2.33 bits per heavy atom.